The average Bonchev–Trinajstić information content (AvgIpc) is 3.12. The fraction of sp³-hybridized carbons (Fsp3) is 0.261. The van der Waals surface area contributed by atoms with Crippen molar-refractivity contribution in [1.29, 1.82) is 0 Å². The first-order valence-corrected chi connectivity index (χ1v) is 11.0. The first-order valence-electron chi connectivity index (χ1n) is 11.0. The minimum atomic E-state index is -0.344. The van der Waals surface area contributed by atoms with E-state index in [1.165, 1.54) is 23.0 Å². The molecule has 1 aromatic carbocycles. The largest absolute Gasteiger partial charge is 0.460 e. The van der Waals surface area contributed by atoms with E-state index in [9.17, 15) is 9.18 Å². The van der Waals surface area contributed by atoms with Crippen molar-refractivity contribution in [3.05, 3.63) is 71.6 Å². The fourth-order valence-corrected chi connectivity index (χ4v) is 3.84. The molecule has 1 aliphatic rings. The van der Waals surface area contributed by atoms with Gasteiger partial charge in [-0.15, -0.1) is 6.58 Å². The Hall–Kier alpha value is -4.12. The summed E-state index contributed by atoms with van der Waals surface area (Å²) in [4.78, 5) is 30.7. The molecule has 10 nitrogen and oxygen atoms in total. The predicted octanol–water partition coefficient (Wildman–Crippen LogP) is 2.57. The van der Waals surface area contributed by atoms with Gasteiger partial charge in [0, 0.05) is 24.1 Å². The van der Waals surface area contributed by atoms with Crippen LogP contribution in [0.1, 0.15) is 12.8 Å². The van der Waals surface area contributed by atoms with Gasteiger partial charge in [-0.3, -0.25) is 4.79 Å². The van der Waals surface area contributed by atoms with E-state index < -0.39 is 0 Å². The van der Waals surface area contributed by atoms with Gasteiger partial charge in [0.05, 0.1) is 6.54 Å². The minimum absolute atomic E-state index is 0.0297. The van der Waals surface area contributed by atoms with Gasteiger partial charge in [0.15, 0.2) is 11.5 Å². The summed E-state index contributed by atoms with van der Waals surface area (Å²) >= 11 is 0. The molecule has 0 unspecified atom stereocenters. The average molecular weight is 462 g/mol. The van der Waals surface area contributed by atoms with Crippen molar-refractivity contribution >= 4 is 22.7 Å². The second-order valence-corrected chi connectivity index (χ2v) is 7.82. The van der Waals surface area contributed by atoms with Crippen molar-refractivity contribution in [3.8, 4) is 11.8 Å². The number of rotatable bonds is 7. The zero-order valence-electron chi connectivity index (χ0n) is 18.3. The summed E-state index contributed by atoms with van der Waals surface area (Å²) in [7, 11) is 0. The molecule has 34 heavy (non-hydrogen) atoms. The topological polar surface area (TPSA) is 112 Å². The third-order valence-electron chi connectivity index (χ3n) is 5.47. The number of aromatic nitrogens is 6. The van der Waals surface area contributed by atoms with Gasteiger partial charge in [0.25, 0.3) is 5.56 Å². The standard InChI is InChI=1S/C23H23FN8O2/c1-2-13-31-21(33)18-14-27-22(28-16-5-3-15(24)4-6-16)30-20(18)32(31)19-9-12-26-23(29-19)34-17-7-10-25-11-8-17/h2-6,9,12,14,17,25H,1,7-8,10-11,13H2,(H,27,28,30). The highest BCUT2D eigenvalue weighted by molar-refractivity contribution is 5.77. The van der Waals surface area contributed by atoms with Crippen LogP contribution in [0, 0.1) is 5.82 Å². The molecule has 11 heteroatoms. The summed E-state index contributed by atoms with van der Waals surface area (Å²) in [6, 6.07) is 7.75. The molecule has 2 N–H and O–H groups in total. The van der Waals surface area contributed by atoms with E-state index in [0.717, 1.165) is 25.9 Å². The van der Waals surface area contributed by atoms with Gasteiger partial charge >= 0.3 is 6.01 Å². The Labute approximate surface area is 194 Å². The molecule has 1 saturated heterocycles. The van der Waals surface area contributed by atoms with Crippen LogP contribution in [0.2, 0.25) is 0 Å². The number of anilines is 2. The first-order chi connectivity index (χ1) is 16.6. The van der Waals surface area contributed by atoms with Crippen molar-refractivity contribution < 1.29 is 9.13 Å². The van der Waals surface area contributed by atoms with Crippen molar-refractivity contribution in [3.63, 3.8) is 0 Å². The SMILES string of the molecule is C=CCn1c(=O)c2cnc(Nc3ccc(F)cc3)nc2n1-c1ccnc(OC2CCNCC2)n1. The molecule has 5 rings (SSSR count). The van der Waals surface area contributed by atoms with Gasteiger partial charge < -0.3 is 15.4 Å². The second kappa shape index (κ2) is 9.40. The lowest BCUT2D eigenvalue weighted by molar-refractivity contribution is 0.148. The Balaban J connectivity index is 1.56. The molecule has 174 valence electrons. The van der Waals surface area contributed by atoms with Gasteiger partial charge in [-0.25, -0.2) is 23.7 Å². The van der Waals surface area contributed by atoms with E-state index in [0.29, 0.717) is 22.5 Å². The van der Waals surface area contributed by atoms with Crippen LogP contribution in [0.15, 0.2) is 60.2 Å². The Kier molecular flexibility index (Phi) is 6.00. The number of allylic oxidation sites excluding steroid dienone is 1. The minimum Gasteiger partial charge on any atom is -0.460 e. The molecular formula is C23H23FN8O2. The second-order valence-electron chi connectivity index (χ2n) is 7.82. The molecule has 0 atom stereocenters. The Morgan fingerprint density at radius 3 is 2.74 bits per heavy atom. The van der Waals surface area contributed by atoms with Crippen LogP contribution in [-0.4, -0.2) is 48.5 Å². The highest BCUT2D eigenvalue weighted by Gasteiger charge is 2.20. The molecule has 1 aliphatic heterocycles. The van der Waals surface area contributed by atoms with Crippen molar-refractivity contribution in [2.45, 2.75) is 25.5 Å². The maximum Gasteiger partial charge on any atom is 0.318 e. The molecule has 0 aliphatic carbocycles. The van der Waals surface area contributed by atoms with Crippen LogP contribution in [0.3, 0.4) is 0 Å². The van der Waals surface area contributed by atoms with Crippen molar-refractivity contribution in [1.82, 2.24) is 34.6 Å². The quantitative estimate of drug-likeness (QED) is 0.403. The first kappa shape index (κ1) is 21.7. The predicted molar refractivity (Wildman–Crippen MR) is 125 cm³/mol. The summed E-state index contributed by atoms with van der Waals surface area (Å²) in [5.74, 6) is 0.340. The van der Waals surface area contributed by atoms with Crippen molar-refractivity contribution in [2.75, 3.05) is 18.4 Å². The van der Waals surface area contributed by atoms with E-state index in [1.807, 2.05) is 0 Å². The van der Waals surface area contributed by atoms with Gasteiger partial charge in [-0.2, -0.15) is 9.97 Å². The molecular weight excluding hydrogens is 439 g/mol. The molecule has 0 radical (unpaired) electrons. The number of halogens is 1. The van der Waals surface area contributed by atoms with Crippen molar-refractivity contribution in [2.24, 2.45) is 0 Å². The highest BCUT2D eigenvalue weighted by Crippen LogP contribution is 2.20. The molecule has 4 aromatic rings. The molecule has 1 fully saturated rings. The van der Waals surface area contributed by atoms with Gasteiger partial charge in [-0.05, 0) is 50.2 Å². The van der Waals surface area contributed by atoms with E-state index in [4.69, 9.17) is 4.74 Å². The van der Waals surface area contributed by atoms with Crippen LogP contribution in [-0.2, 0) is 6.54 Å². The monoisotopic (exact) mass is 462 g/mol. The number of hydrogen-bond acceptors (Lipinski definition) is 8. The Morgan fingerprint density at radius 1 is 1.18 bits per heavy atom. The third-order valence-corrected chi connectivity index (χ3v) is 5.47. The van der Waals surface area contributed by atoms with E-state index in [2.05, 4.69) is 37.1 Å². The normalized spacial score (nSPS) is 14.3. The van der Waals surface area contributed by atoms with Gasteiger partial charge in [0.2, 0.25) is 5.95 Å². The summed E-state index contributed by atoms with van der Waals surface area (Å²) in [5, 5.41) is 6.65. The molecule has 0 bridgehead atoms. The van der Waals surface area contributed by atoms with Crippen LogP contribution in [0.4, 0.5) is 16.0 Å². The zero-order valence-corrected chi connectivity index (χ0v) is 18.3. The third kappa shape index (κ3) is 4.37. The van der Waals surface area contributed by atoms with Crippen LogP contribution in [0.5, 0.6) is 6.01 Å². The Morgan fingerprint density at radius 2 is 1.97 bits per heavy atom. The number of nitrogens with zero attached hydrogens (tertiary/aromatic N) is 6. The van der Waals surface area contributed by atoms with Crippen LogP contribution < -0.4 is 20.9 Å². The van der Waals surface area contributed by atoms with E-state index in [-0.39, 0.29) is 36.0 Å². The molecule has 0 spiro atoms. The summed E-state index contributed by atoms with van der Waals surface area (Å²) in [6.07, 6.45) is 6.43. The maximum atomic E-state index is 13.2. The number of nitrogens with one attached hydrogen (secondary N) is 2. The van der Waals surface area contributed by atoms with E-state index in [1.54, 1.807) is 35.2 Å². The lowest BCUT2D eigenvalue weighted by Crippen LogP contribution is -2.34. The van der Waals surface area contributed by atoms with Crippen LogP contribution >= 0.6 is 0 Å². The highest BCUT2D eigenvalue weighted by atomic mass is 19.1. The number of ether oxygens (including phenoxy) is 1. The summed E-state index contributed by atoms with van der Waals surface area (Å²) in [6.45, 7) is 5.76. The van der Waals surface area contributed by atoms with Gasteiger partial charge in [-0.1, -0.05) is 6.08 Å². The Bertz CT molecular complexity index is 1380. The lowest BCUT2D eigenvalue weighted by Gasteiger charge is -2.22. The number of benzene rings is 1. The zero-order chi connectivity index (χ0) is 23.5. The lowest BCUT2D eigenvalue weighted by atomic mass is 10.1. The fourth-order valence-electron chi connectivity index (χ4n) is 3.84. The molecule has 3 aromatic heterocycles. The summed E-state index contributed by atoms with van der Waals surface area (Å²) < 4.78 is 22.3. The molecule has 0 saturated carbocycles. The number of hydrogen-bond donors (Lipinski definition) is 2. The molecule has 0 amide bonds. The van der Waals surface area contributed by atoms with E-state index >= 15 is 0 Å². The molecule has 4 heterocycles. The van der Waals surface area contributed by atoms with Gasteiger partial charge in [0.1, 0.15) is 17.3 Å². The number of fused-ring (bicyclic) bond motifs is 1. The smallest absolute Gasteiger partial charge is 0.318 e. The van der Waals surface area contributed by atoms with Crippen LogP contribution in [0.25, 0.3) is 16.9 Å². The maximum absolute atomic E-state index is 13.2. The summed E-state index contributed by atoms with van der Waals surface area (Å²) in [5.41, 5.74) is 0.695. The number of piperidine rings is 1.